The van der Waals surface area contributed by atoms with Crippen LogP contribution in [0.5, 0.6) is 0 Å². The highest BCUT2D eigenvalue weighted by molar-refractivity contribution is 5.33. The van der Waals surface area contributed by atoms with E-state index in [-0.39, 0.29) is 0 Å². The SMILES string of the molecule is CNC1c2ccccc2CCC1n1cccn1. The molecule has 0 saturated heterocycles. The molecule has 0 saturated carbocycles. The van der Waals surface area contributed by atoms with Gasteiger partial charge in [-0.15, -0.1) is 0 Å². The standard InChI is InChI=1S/C14H17N3/c1-15-14-12-6-3-2-5-11(12)7-8-13(14)17-10-4-9-16-17/h2-6,9-10,13-15H,7-8H2,1H3. The van der Waals surface area contributed by atoms with E-state index in [1.807, 2.05) is 19.3 Å². The second kappa shape index (κ2) is 4.34. The molecule has 3 heteroatoms. The number of rotatable bonds is 2. The fourth-order valence-corrected chi connectivity index (χ4v) is 2.85. The summed E-state index contributed by atoms with van der Waals surface area (Å²) in [6.45, 7) is 0. The van der Waals surface area contributed by atoms with E-state index in [9.17, 15) is 0 Å². The lowest BCUT2D eigenvalue weighted by Crippen LogP contribution is -2.32. The van der Waals surface area contributed by atoms with Gasteiger partial charge in [-0.05, 0) is 37.1 Å². The molecule has 17 heavy (non-hydrogen) atoms. The van der Waals surface area contributed by atoms with Crippen LogP contribution in [0.25, 0.3) is 0 Å². The monoisotopic (exact) mass is 227 g/mol. The van der Waals surface area contributed by atoms with Crippen molar-refractivity contribution in [2.24, 2.45) is 0 Å². The van der Waals surface area contributed by atoms with Gasteiger partial charge in [-0.1, -0.05) is 24.3 Å². The molecule has 1 aromatic carbocycles. The molecule has 0 bridgehead atoms. The second-order valence-electron chi connectivity index (χ2n) is 4.56. The molecule has 0 spiro atoms. The summed E-state index contributed by atoms with van der Waals surface area (Å²) in [5.74, 6) is 0. The molecule has 2 aromatic rings. The smallest absolute Gasteiger partial charge is 0.0716 e. The van der Waals surface area contributed by atoms with Crippen LogP contribution in [0.15, 0.2) is 42.7 Å². The first-order chi connectivity index (χ1) is 8.40. The number of benzene rings is 1. The highest BCUT2D eigenvalue weighted by Crippen LogP contribution is 2.36. The van der Waals surface area contributed by atoms with Crippen LogP contribution in [0, 0.1) is 0 Å². The summed E-state index contributed by atoms with van der Waals surface area (Å²) < 4.78 is 2.08. The minimum Gasteiger partial charge on any atom is -0.311 e. The van der Waals surface area contributed by atoms with Crippen LogP contribution in [0.2, 0.25) is 0 Å². The van der Waals surface area contributed by atoms with Gasteiger partial charge in [0.15, 0.2) is 0 Å². The van der Waals surface area contributed by atoms with E-state index in [4.69, 9.17) is 0 Å². The van der Waals surface area contributed by atoms with Gasteiger partial charge in [-0.2, -0.15) is 5.10 Å². The predicted octanol–water partition coefficient (Wildman–Crippen LogP) is 2.33. The van der Waals surface area contributed by atoms with Crippen molar-refractivity contribution in [1.29, 1.82) is 0 Å². The van der Waals surface area contributed by atoms with Crippen molar-refractivity contribution in [2.75, 3.05) is 7.05 Å². The Morgan fingerprint density at radius 3 is 2.94 bits per heavy atom. The molecule has 3 rings (SSSR count). The third-order valence-corrected chi connectivity index (χ3v) is 3.66. The number of aryl methyl sites for hydroxylation is 1. The minimum absolute atomic E-state index is 0.361. The highest BCUT2D eigenvalue weighted by Gasteiger charge is 2.29. The molecule has 1 aliphatic rings. The Hall–Kier alpha value is -1.61. The van der Waals surface area contributed by atoms with Gasteiger partial charge in [0.05, 0.1) is 12.1 Å². The van der Waals surface area contributed by atoms with Gasteiger partial charge in [0.25, 0.3) is 0 Å². The predicted molar refractivity (Wildman–Crippen MR) is 67.8 cm³/mol. The number of likely N-dealkylation sites (N-methyl/N-ethyl adjacent to an activating group) is 1. The van der Waals surface area contributed by atoms with E-state index < -0.39 is 0 Å². The summed E-state index contributed by atoms with van der Waals surface area (Å²) in [5, 5.41) is 7.83. The molecule has 88 valence electrons. The first-order valence-corrected chi connectivity index (χ1v) is 6.14. The molecule has 0 amide bonds. The van der Waals surface area contributed by atoms with Gasteiger partial charge in [-0.25, -0.2) is 0 Å². The van der Waals surface area contributed by atoms with Crippen molar-refractivity contribution in [3.8, 4) is 0 Å². The van der Waals surface area contributed by atoms with E-state index in [1.165, 1.54) is 11.1 Å². The second-order valence-corrected chi connectivity index (χ2v) is 4.56. The summed E-state index contributed by atoms with van der Waals surface area (Å²) in [4.78, 5) is 0. The van der Waals surface area contributed by atoms with Crippen LogP contribution < -0.4 is 5.32 Å². The summed E-state index contributed by atoms with van der Waals surface area (Å²) >= 11 is 0. The zero-order valence-electron chi connectivity index (χ0n) is 10.0. The van der Waals surface area contributed by atoms with Crippen LogP contribution in [-0.2, 0) is 6.42 Å². The molecule has 1 aliphatic carbocycles. The molecular formula is C14H17N3. The normalized spacial score (nSPS) is 23.4. The molecule has 2 atom stereocenters. The summed E-state index contributed by atoms with van der Waals surface area (Å²) in [7, 11) is 2.03. The van der Waals surface area contributed by atoms with Crippen molar-refractivity contribution >= 4 is 0 Å². The van der Waals surface area contributed by atoms with Crippen molar-refractivity contribution in [1.82, 2.24) is 15.1 Å². The molecule has 2 unspecified atom stereocenters. The summed E-state index contributed by atoms with van der Waals surface area (Å²) in [6.07, 6.45) is 6.19. The highest BCUT2D eigenvalue weighted by atomic mass is 15.3. The van der Waals surface area contributed by atoms with E-state index >= 15 is 0 Å². The van der Waals surface area contributed by atoms with Crippen molar-refractivity contribution in [3.05, 3.63) is 53.9 Å². The third-order valence-electron chi connectivity index (χ3n) is 3.66. The van der Waals surface area contributed by atoms with Crippen LogP contribution in [-0.4, -0.2) is 16.8 Å². The van der Waals surface area contributed by atoms with Crippen molar-refractivity contribution in [2.45, 2.75) is 24.9 Å². The summed E-state index contributed by atoms with van der Waals surface area (Å²) in [6, 6.07) is 11.5. The molecule has 3 nitrogen and oxygen atoms in total. The Morgan fingerprint density at radius 1 is 1.29 bits per heavy atom. The molecule has 1 N–H and O–H groups in total. The van der Waals surface area contributed by atoms with Gasteiger partial charge in [-0.3, -0.25) is 4.68 Å². The first kappa shape index (κ1) is 10.5. The van der Waals surface area contributed by atoms with Crippen LogP contribution >= 0.6 is 0 Å². The van der Waals surface area contributed by atoms with E-state index in [1.54, 1.807) is 0 Å². The molecule has 1 aromatic heterocycles. The van der Waals surface area contributed by atoms with Gasteiger partial charge in [0.2, 0.25) is 0 Å². The van der Waals surface area contributed by atoms with Crippen LogP contribution in [0.1, 0.15) is 29.6 Å². The molecule has 0 fully saturated rings. The maximum absolute atomic E-state index is 4.39. The molecular weight excluding hydrogens is 210 g/mol. The zero-order chi connectivity index (χ0) is 11.7. The maximum Gasteiger partial charge on any atom is 0.0716 e. The minimum atomic E-state index is 0.361. The Kier molecular flexibility index (Phi) is 2.69. The number of hydrogen-bond acceptors (Lipinski definition) is 2. The number of nitrogens with zero attached hydrogens (tertiary/aromatic N) is 2. The van der Waals surface area contributed by atoms with E-state index in [2.05, 4.69) is 45.6 Å². The quantitative estimate of drug-likeness (QED) is 0.853. The molecule has 0 radical (unpaired) electrons. The number of fused-ring (bicyclic) bond motifs is 1. The van der Waals surface area contributed by atoms with Crippen LogP contribution in [0.3, 0.4) is 0 Å². The van der Waals surface area contributed by atoms with Crippen molar-refractivity contribution < 1.29 is 0 Å². The number of aromatic nitrogens is 2. The third kappa shape index (κ3) is 1.76. The van der Waals surface area contributed by atoms with Gasteiger partial charge in [0, 0.05) is 12.4 Å². The van der Waals surface area contributed by atoms with E-state index in [0.29, 0.717) is 12.1 Å². The molecule has 1 heterocycles. The number of nitrogens with one attached hydrogen (secondary N) is 1. The Balaban J connectivity index is 2.00. The maximum atomic E-state index is 4.39. The van der Waals surface area contributed by atoms with Gasteiger partial charge < -0.3 is 5.32 Å². The lowest BCUT2D eigenvalue weighted by Gasteiger charge is -2.33. The molecule has 0 aliphatic heterocycles. The van der Waals surface area contributed by atoms with Gasteiger partial charge >= 0.3 is 0 Å². The number of hydrogen-bond donors (Lipinski definition) is 1. The van der Waals surface area contributed by atoms with E-state index in [0.717, 1.165) is 12.8 Å². The van der Waals surface area contributed by atoms with Crippen LogP contribution in [0.4, 0.5) is 0 Å². The lowest BCUT2D eigenvalue weighted by atomic mass is 9.84. The Morgan fingerprint density at radius 2 is 2.18 bits per heavy atom. The summed E-state index contributed by atoms with van der Waals surface area (Å²) in [5.41, 5.74) is 2.89. The van der Waals surface area contributed by atoms with Gasteiger partial charge in [0.1, 0.15) is 0 Å². The Bertz CT molecular complexity index is 490. The Labute approximate surface area is 101 Å². The lowest BCUT2D eigenvalue weighted by molar-refractivity contribution is 0.309. The topological polar surface area (TPSA) is 29.9 Å². The fraction of sp³-hybridized carbons (Fsp3) is 0.357. The average Bonchev–Trinajstić information content (AvgIpc) is 2.91. The fourth-order valence-electron chi connectivity index (χ4n) is 2.85. The average molecular weight is 227 g/mol. The van der Waals surface area contributed by atoms with Crippen molar-refractivity contribution in [3.63, 3.8) is 0 Å². The first-order valence-electron chi connectivity index (χ1n) is 6.14. The largest absolute Gasteiger partial charge is 0.311 e. The zero-order valence-corrected chi connectivity index (χ0v) is 10.0.